The van der Waals surface area contributed by atoms with Crippen molar-refractivity contribution >= 4 is 52.2 Å². The van der Waals surface area contributed by atoms with Crippen LogP contribution < -0.4 is 5.32 Å². The molecule has 1 amide bonds. The number of carbonyl (C=O) groups is 1. The van der Waals surface area contributed by atoms with Crippen molar-refractivity contribution < 1.29 is 4.79 Å². The first-order valence-corrected chi connectivity index (χ1v) is 8.41. The molecule has 3 rings (SSSR count). The fourth-order valence-electron chi connectivity index (χ4n) is 2.03. The van der Waals surface area contributed by atoms with Gasteiger partial charge in [-0.2, -0.15) is 0 Å². The summed E-state index contributed by atoms with van der Waals surface area (Å²) in [6.07, 6.45) is 0.857. The number of hydrogen-bond acceptors (Lipinski definition) is 5. The molecule has 0 fully saturated rings. The molecule has 1 aromatic carbocycles. The maximum atomic E-state index is 12.1. The predicted molar refractivity (Wildman–Crippen MR) is 81.9 cm³/mol. The summed E-state index contributed by atoms with van der Waals surface area (Å²) >= 11 is 14.6. The number of rotatable bonds is 2. The number of benzene rings is 1. The molecule has 20 heavy (non-hydrogen) atoms. The molecule has 0 radical (unpaired) electrons. The van der Waals surface area contributed by atoms with Crippen molar-refractivity contribution in [2.45, 2.75) is 17.4 Å². The number of hydrogen-bond donors (Lipinski definition) is 1. The van der Waals surface area contributed by atoms with Crippen molar-refractivity contribution in [1.82, 2.24) is 15.5 Å². The Morgan fingerprint density at radius 1 is 1.35 bits per heavy atom. The first-order chi connectivity index (χ1) is 9.63. The average molecular weight is 346 g/mol. The van der Waals surface area contributed by atoms with E-state index in [-0.39, 0.29) is 21.4 Å². The van der Waals surface area contributed by atoms with Crippen LogP contribution in [0.15, 0.2) is 23.1 Å². The monoisotopic (exact) mass is 345 g/mol. The molecule has 1 aromatic heterocycles. The molecule has 8 heteroatoms. The third-order valence-electron chi connectivity index (χ3n) is 2.91. The third kappa shape index (κ3) is 2.93. The van der Waals surface area contributed by atoms with Crippen LogP contribution in [0.1, 0.15) is 27.8 Å². The summed E-state index contributed by atoms with van der Waals surface area (Å²) in [5.74, 6) is 0.702. The fourth-order valence-corrected chi connectivity index (χ4v) is 4.05. The quantitative estimate of drug-likeness (QED) is 0.898. The summed E-state index contributed by atoms with van der Waals surface area (Å²) in [6.45, 7) is 0. The van der Waals surface area contributed by atoms with Gasteiger partial charge < -0.3 is 5.32 Å². The van der Waals surface area contributed by atoms with Gasteiger partial charge in [-0.3, -0.25) is 4.79 Å². The number of nitrogens with one attached hydrogen (secondary N) is 1. The standard InChI is InChI=1S/C12H9Cl2N3OS2/c13-6-1-2-9-7(5-6)8(3-4-19-9)15-10(18)11-16-17-12(14)20-11/h1-2,5,8H,3-4H2,(H,15,18). The second kappa shape index (κ2) is 5.89. The minimum absolute atomic E-state index is 0.0554. The van der Waals surface area contributed by atoms with E-state index >= 15 is 0 Å². The number of nitrogens with zero attached hydrogens (tertiary/aromatic N) is 2. The largest absolute Gasteiger partial charge is 0.343 e. The highest BCUT2D eigenvalue weighted by molar-refractivity contribution is 7.99. The minimum atomic E-state index is -0.253. The second-order valence-corrected chi connectivity index (χ2v) is 7.34. The molecule has 2 aromatic rings. The SMILES string of the molecule is O=C(NC1CCSc2ccc(Cl)cc21)c1nnc(Cl)s1. The number of carbonyl (C=O) groups excluding carboxylic acids is 1. The first kappa shape index (κ1) is 14.1. The Balaban J connectivity index is 1.82. The van der Waals surface area contributed by atoms with Crippen molar-refractivity contribution in [2.24, 2.45) is 0 Å². The van der Waals surface area contributed by atoms with Gasteiger partial charge >= 0.3 is 0 Å². The van der Waals surface area contributed by atoms with E-state index in [0.29, 0.717) is 5.02 Å². The highest BCUT2D eigenvalue weighted by Crippen LogP contribution is 2.37. The zero-order valence-electron chi connectivity index (χ0n) is 10.1. The summed E-state index contributed by atoms with van der Waals surface area (Å²) in [6, 6.07) is 5.70. The van der Waals surface area contributed by atoms with Crippen LogP contribution in [-0.4, -0.2) is 21.9 Å². The van der Waals surface area contributed by atoms with Gasteiger partial charge in [0.25, 0.3) is 5.91 Å². The number of aromatic nitrogens is 2. The Hall–Kier alpha value is -0.820. The van der Waals surface area contributed by atoms with E-state index in [1.807, 2.05) is 18.2 Å². The number of fused-ring (bicyclic) bond motifs is 1. The van der Waals surface area contributed by atoms with Gasteiger partial charge in [-0.15, -0.1) is 22.0 Å². The highest BCUT2D eigenvalue weighted by atomic mass is 35.5. The van der Waals surface area contributed by atoms with E-state index in [2.05, 4.69) is 15.5 Å². The Kier molecular flexibility index (Phi) is 4.16. The zero-order chi connectivity index (χ0) is 14.1. The van der Waals surface area contributed by atoms with Crippen LogP contribution >= 0.6 is 46.3 Å². The lowest BCUT2D eigenvalue weighted by molar-refractivity contribution is 0.0934. The van der Waals surface area contributed by atoms with Crippen LogP contribution in [-0.2, 0) is 0 Å². The molecule has 2 heterocycles. The van der Waals surface area contributed by atoms with Crippen LogP contribution in [0, 0.1) is 0 Å². The van der Waals surface area contributed by atoms with Crippen molar-refractivity contribution in [3.05, 3.63) is 38.3 Å². The summed E-state index contributed by atoms with van der Waals surface area (Å²) in [5, 5.41) is 11.3. The maximum absolute atomic E-state index is 12.1. The molecule has 4 nitrogen and oxygen atoms in total. The Labute approximate surface area is 133 Å². The lowest BCUT2D eigenvalue weighted by Crippen LogP contribution is -2.30. The van der Waals surface area contributed by atoms with Crippen LogP contribution in [0.2, 0.25) is 9.49 Å². The van der Waals surface area contributed by atoms with Gasteiger partial charge in [0.05, 0.1) is 6.04 Å². The number of amides is 1. The molecule has 1 aliphatic heterocycles. The Bertz CT molecular complexity index is 662. The van der Waals surface area contributed by atoms with Crippen LogP contribution in [0.4, 0.5) is 0 Å². The summed E-state index contributed by atoms with van der Waals surface area (Å²) in [7, 11) is 0. The topological polar surface area (TPSA) is 54.9 Å². The third-order valence-corrected chi connectivity index (χ3v) is 5.29. The van der Waals surface area contributed by atoms with E-state index in [1.54, 1.807) is 11.8 Å². The lowest BCUT2D eigenvalue weighted by Gasteiger charge is -2.25. The lowest BCUT2D eigenvalue weighted by atomic mass is 10.0. The first-order valence-electron chi connectivity index (χ1n) is 5.85. The molecule has 1 aliphatic rings. The van der Waals surface area contributed by atoms with Crippen molar-refractivity contribution in [3.63, 3.8) is 0 Å². The summed E-state index contributed by atoms with van der Waals surface area (Å²) in [4.78, 5) is 13.3. The molecule has 104 valence electrons. The Morgan fingerprint density at radius 3 is 2.95 bits per heavy atom. The smallest absolute Gasteiger partial charge is 0.282 e. The van der Waals surface area contributed by atoms with E-state index < -0.39 is 0 Å². The fraction of sp³-hybridized carbons (Fsp3) is 0.250. The van der Waals surface area contributed by atoms with Gasteiger partial charge in [0, 0.05) is 15.7 Å². The molecule has 1 atom stereocenters. The molecule has 1 unspecified atom stereocenters. The van der Waals surface area contributed by atoms with Gasteiger partial charge in [-0.05, 0) is 41.8 Å². The van der Waals surface area contributed by atoms with Gasteiger partial charge in [0.15, 0.2) is 0 Å². The molecule has 0 saturated carbocycles. The number of halogens is 2. The zero-order valence-corrected chi connectivity index (χ0v) is 13.2. The second-order valence-electron chi connectivity index (χ2n) is 4.21. The van der Waals surface area contributed by atoms with Crippen molar-refractivity contribution in [3.8, 4) is 0 Å². The maximum Gasteiger partial charge on any atom is 0.282 e. The minimum Gasteiger partial charge on any atom is -0.343 e. The van der Waals surface area contributed by atoms with Crippen LogP contribution in [0.3, 0.4) is 0 Å². The molecular weight excluding hydrogens is 337 g/mol. The summed E-state index contributed by atoms with van der Waals surface area (Å²) in [5.41, 5.74) is 1.05. The van der Waals surface area contributed by atoms with Gasteiger partial charge in [0.2, 0.25) is 9.47 Å². The summed E-state index contributed by atoms with van der Waals surface area (Å²) < 4.78 is 0.262. The van der Waals surface area contributed by atoms with E-state index in [0.717, 1.165) is 34.0 Å². The predicted octanol–water partition coefficient (Wildman–Crippen LogP) is 3.81. The molecule has 0 saturated heterocycles. The normalized spacial score (nSPS) is 17.6. The van der Waals surface area contributed by atoms with Crippen LogP contribution in [0.5, 0.6) is 0 Å². The van der Waals surface area contributed by atoms with Crippen molar-refractivity contribution in [2.75, 3.05) is 5.75 Å². The van der Waals surface area contributed by atoms with Gasteiger partial charge in [-0.1, -0.05) is 22.9 Å². The molecule has 0 aliphatic carbocycles. The molecule has 1 N–H and O–H groups in total. The van der Waals surface area contributed by atoms with Crippen molar-refractivity contribution in [1.29, 1.82) is 0 Å². The number of thioether (sulfide) groups is 1. The highest BCUT2D eigenvalue weighted by Gasteiger charge is 2.24. The Morgan fingerprint density at radius 2 is 2.20 bits per heavy atom. The van der Waals surface area contributed by atoms with E-state index in [1.165, 1.54) is 0 Å². The van der Waals surface area contributed by atoms with E-state index in [4.69, 9.17) is 23.2 Å². The molecule has 0 bridgehead atoms. The average Bonchev–Trinajstić information content (AvgIpc) is 2.86. The molecular formula is C12H9Cl2N3OS2. The van der Waals surface area contributed by atoms with Gasteiger partial charge in [-0.25, -0.2) is 0 Å². The van der Waals surface area contributed by atoms with Gasteiger partial charge in [0.1, 0.15) is 0 Å². The van der Waals surface area contributed by atoms with E-state index in [9.17, 15) is 4.79 Å². The van der Waals surface area contributed by atoms with Crippen LogP contribution in [0.25, 0.3) is 0 Å². The molecule has 0 spiro atoms.